The minimum Gasteiger partial charge on any atom is -0.370 e. The zero-order valence-electron chi connectivity index (χ0n) is 16.4. The summed E-state index contributed by atoms with van der Waals surface area (Å²) in [7, 11) is 2.12. The summed E-state index contributed by atoms with van der Waals surface area (Å²) in [5, 5.41) is 0. The summed E-state index contributed by atoms with van der Waals surface area (Å²) in [6.45, 7) is 10.4. The molecule has 0 aliphatic heterocycles. The highest BCUT2D eigenvalue weighted by atomic mass is 15.1. The number of hydrogen-bond donors (Lipinski definition) is 0. The lowest BCUT2D eigenvalue weighted by atomic mass is 10.1. The van der Waals surface area contributed by atoms with Crippen LogP contribution in [0.4, 0.5) is 5.69 Å². The maximum Gasteiger partial charge on any atom is 0.0579 e. The van der Waals surface area contributed by atoms with Gasteiger partial charge in [0.15, 0.2) is 0 Å². The van der Waals surface area contributed by atoms with Crippen molar-refractivity contribution in [2.75, 3.05) is 11.9 Å². The second kappa shape index (κ2) is 12.5. The first-order valence-electron chi connectivity index (χ1n) is 8.84. The van der Waals surface area contributed by atoms with Crippen LogP contribution in [0.1, 0.15) is 25.0 Å². The lowest BCUT2D eigenvalue weighted by molar-refractivity contribution is 0.921. The number of benzene rings is 2. The summed E-state index contributed by atoms with van der Waals surface area (Å²) in [5.74, 6) is 0. The summed E-state index contributed by atoms with van der Waals surface area (Å²) >= 11 is 0. The van der Waals surface area contributed by atoms with Gasteiger partial charge in [-0.3, -0.25) is 4.99 Å². The Kier molecular flexibility index (Phi) is 10.2. The molecule has 2 heteroatoms. The Hall–Kier alpha value is -2.87. The minimum absolute atomic E-state index is 0.901. The second-order valence-corrected chi connectivity index (χ2v) is 5.94. The van der Waals surface area contributed by atoms with Crippen molar-refractivity contribution in [1.29, 1.82) is 0 Å². The van der Waals surface area contributed by atoms with Gasteiger partial charge in [-0.15, -0.1) is 0 Å². The molecule has 0 aliphatic carbocycles. The zero-order chi connectivity index (χ0) is 19.2. The SMILES string of the molecule is C=NC(/C=C\C=C/C)=C/C.Cc1cccc(CN(C)c2ccccc2)c1. The molecule has 2 rings (SSSR count). The van der Waals surface area contributed by atoms with Crippen LogP contribution in [-0.2, 0) is 6.54 Å². The number of hydrogen-bond acceptors (Lipinski definition) is 2. The highest BCUT2D eigenvalue weighted by molar-refractivity contribution is 5.45. The van der Waals surface area contributed by atoms with E-state index in [1.54, 1.807) is 0 Å². The van der Waals surface area contributed by atoms with Crippen LogP contribution < -0.4 is 4.90 Å². The van der Waals surface area contributed by atoms with Crippen LogP contribution in [0, 0.1) is 6.92 Å². The van der Waals surface area contributed by atoms with Crippen molar-refractivity contribution in [2.24, 2.45) is 4.99 Å². The molecule has 2 nitrogen and oxygen atoms in total. The molecule has 0 radical (unpaired) electrons. The Morgan fingerprint density at radius 3 is 2.35 bits per heavy atom. The van der Waals surface area contributed by atoms with Crippen molar-refractivity contribution in [3.8, 4) is 0 Å². The molecule has 136 valence electrons. The molecule has 0 heterocycles. The quantitative estimate of drug-likeness (QED) is 0.439. The van der Waals surface area contributed by atoms with Crippen molar-refractivity contribution in [3.63, 3.8) is 0 Å². The summed E-state index contributed by atoms with van der Waals surface area (Å²) in [6, 6.07) is 19.1. The fourth-order valence-corrected chi connectivity index (χ4v) is 2.36. The highest BCUT2D eigenvalue weighted by Gasteiger charge is 2.00. The second-order valence-electron chi connectivity index (χ2n) is 5.94. The molecular weight excluding hydrogens is 316 g/mol. The molecule has 2 aromatic carbocycles. The van der Waals surface area contributed by atoms with Gasteiger partial charge in [-0.05, 0) is 51.3 Å². The fourth-order valence-electron chi connectivity index (χ4n) is 2.36. The first kappa shape index (κ1) is 21.2. The van der Waals surface area contributed by atoms with Gasteiger partial charge in [0.25, 0.3) is 0 Å². The molecule has 0 amide bonds. The maximum absolute atomic E-state index is 3.77. The molecule has 0 unspecified atom stereocenters. The zero-order valence-corrected chi connectivity index (χ0v) is 16.4. The third-order valence-corrected chi connectivity index (χ3v) is 3.75. The van der Waals surface area contributed by atoms with Crippen LogP contribution in [0.2, 0.25) is 0 Å². The van der Waals surface area contributed by atoms with Crippen LogP contribution in [-0.4, -0.2) is 13.8 Å². The van der Waals surface area contributed by atoms with Crippen LogP contribution in [0.5, 0.6) is 0 Å². The van der Waals surface area contributed by atoms with E-state index >= 15 is 0 Å². The van der Waals surface area contributed by atoms with Crippen LogP contribution >= 0.6 is 0 Å². The molecule has 2 aromatic rings. The van der Waals surface area contributed by atoms with Gasteiger partial charge in [0, 0.05) is 19.3 Å². The Morgan fingerprint density at radius 1 is 1.04 bits per heavy atom. The van der Waals surface area contributed by atoms with Crippen LogP contribution in [0.3, 0.4) is 0 Å². The smallest absolute Gasteiger partial charge is 0.0579 e. The van der Waals surface area contributed by atoms with Gasteiger partial charge in [-0.25, -0.2) is 0 Å². The van der Waals surface area contributed by atoms with E-state index in [-0.39, 0.29) is 0 Å². The molecule has 0 aromatic heterocycles. The predicted molar refractivity (Wildman–Crippen MR) is 117 cm³/mol. The van der Waals surface area contributed by atoms with Crippen molar-refractivity contribution in [1.82, 2.24) is 0 Å². The van der Waals surface area contributed by atoms with Gasteiger partial charge >= 0.3 is 0 Å². The van der Waals surface area contributed by atoms with E-state index < -0.39 is 0 Å². The molecule has 0 N–H and O–H groups in total. The fraction of sp³-hybridized carbons (Fsp3) is 0.208. The summed E-state index contributed by atoms with van der Waals surface area (Å²) in [5.41, 5.74) is 4.83. The van der Waals surface area contributed by atoms with Crippen molar-refractivity contribution in [2.45, 2.75) is 27.3 Å². The molecular formula is C24H30N2. The summed E-state index contributed by atoms with van der Waals surface area (Å²) in [4.78, 5) is 6.03. The van der Waals surface area contributed by atoms with Crippen molar-refractivity contribution < 1.29 is 0 Å². The highest BCUT2D eigenvalue weighted by Crippen LogP contribution is 2.15. The molecule has 0 aliphatic rings. The van der Waals surface area contributed by atoms with Crippen molar-refractivity contribution in [3.05, 3.63) is 102 Å². The standard InChI is InChI=1S/C15H17N.C9H13N/c1-13-7-6-8-14(11-13)12-16(2)15-9-4-3-5-10-15;1-4-6-7-8-9(5-2)10-3/h3-11H,12H2,1-2H3;4-8H,3H2,1-2H3/b;6-4-,8-7-,9-5+. The topological polar surface area (TPSA) is 15.6 Å². The maximum atomic E-state index is 3.77. The van der Waals surface area contributed by atoms with E-state index in [1.807, 2.05) is 50.3 Å². The van der Waals surface area contributed by atoms with Gasteiger partial charge < -0.3 is 4.90 Å². The van der Waals surface area contributed by atoms with Crippen molar-refractivity contribution >= 4 is 12.4 Å². The van der Waals surface area contributed by atoms with E-state index in [1.165, 1.54) is 16.8 Å². The molecule has 26 heavy (non-hydrogen) atoms. The number of anilines is 1. The average molecular weight is 347 g/mol. The largest absolute Gasteiger partial charge is 0.370 e. The Morgan fingerprint density at radius 2 is 1.77 bits per heavy atom. The van der Waals surface area contributed by atoms with Gasteiger partial charge in [0.1, 0.15) is 0 Å². The van der Waals surface area contributed by atoms with Gasteiger partial charge in [-0.1, -0.05) is 72.3 Å². The first-order chi connectivity index (χ1) is 12.6. The third-order valence-electron chi connectivity index (χ3n) is 3.75. The normalized spacial score (nSPS) is 11.3. The lowest BCUT2D eigenvalue weighted by Crippen LogP contribution is -2.16. The Labute approximate surface area is 158 Å². The minimum atomic E-state index is 0.901. The Balaban J connectivity index is 0.000000294. The number of aliphatic imine (C=N–C) groups is 1. The molecule has 0 saturated carbocycles. The van der Waals surface area contributed by atoms with E-state index in [9.17, 15) is 0 Å². The molecule has 0 saturated heterocycles. The molecule has 0 bridgehead atoms. The monoisotopic (exact) mass is 346 g/mol. The summed E-state index contributed by atoms with van der Waals surface area (Å²) in [6.07, 6.45) is 9.67. The van der Waals surface area contributed by atoms with E-state index in [4.69, 9.17) is 0 Å². The number of rotatable bonds is 6. The van der Waals surface area contributed by atoms with Crippen LogP contribution in [0.25, 0.3) is 0 Å². The number of aryl methyl sites for hydroxylation is 1. The first-order valence-corrected chi connectivity index (χ1v) is 8.84. The third kappa shape index (κ3) is 8.29. The number of allylic oxidation sites excluding steroid dienone is 5. The number of para-hydroxylation sites is 1. The number of nitrogens with zero attached hydrogens (tertiary/aromatic N) is 2. The van der Waals surface area contributed by atoms with E-state index in [2.05, 4.69) is 79.1 Å². The molecule has 0 fully saturated rings. The van der Waals surface area contributed by atoms with E-state index in [0.717, 1.165) is 12.2 Å². The van der Waals surface area contributed by atoms with Gasteiger partial charge in [0.2, 0.25) is 0 Å². The predicted octanol–water partition coefficient (Wildman–Crippen LogP) is 6.35. The van der Waals surface area contributed by atoms with Crippen LogP contribution in [0.15, 0.2) is 95.7 Å². The van der Waals surface area contributed by atoms with E-state index in [0.29, 0.717) is 0 Å². The Bertz CT molecular complexity index is 740. The molecule has 0 atom stereocenters. The summed E-state index contributed by atoms with van der Waals surface area (Å²) < 4.78 is 0. The molecule has 0 spiro atoms. The van der Waals surface area contributed by atoms with Gasteiger partial charge in [0.05, 0.1) is 5.70 Å². The lowest BCUT2D eigenvalue weighted by Gasteiger charge is -2.19. The average Bonchev–Trinajstić information content (AvgIpc) is 2.66. The van der Waals surface area contributed by atoms with Gasteiger partial charge in [-0.2, -0.15) is 0 Å².